The molecule has 0 aliphatic carbocycles. The number of aromatic nitrogens is 2. The highest BCUT2D eigenvalue weighted by Gasteiger charge is 2.18. The lowest BCUT2D eigenvalue weighted by molar-refractivity contribution is 0.313. The molecule has 1 fully saturated rings. The molecule has 1 aromatic carbocycles. The van der Waals surface area contributed by atoms with Crippen molar-refractivity contribution in [3.8, 4) is 0 Å². The molecule has 1 N–H and O–H groups in total. The van der Waals surface area contributed by atoms with Gasteiger partial charge in [0, 0.05) is 38.3 Å². The fourth-order valence-electron chi connectivity index (χ4n) is 3.16. The number of piperazine rings is 1. The van der Waals surface area contributed by atoms with Gasteiger partial charge in [-0.25, -0.2) is 4.98 Å². The molecule has 1 aromatic heterocycles. The Hall–Kier alpha value is -1.55. The lowest BCUT2D eigenvalue weighted by Crippen LogP contribution is -2.44. The van der Waals surface area contributed by atoms with Crippen LogP contribution in [0, 0.1) is 12.3 Å². The maximum atomic E-state index is 4.81. The van der Waals surface area contributed by atoms with E-state index < -0.39 is 0 Å². The molecule has 22 heavy (non-hydrogen) atoms. The molecule has 120 valence electrons. The van der Waals surface area contributed by atoms with Crippen molar-refractivity contribution in [3.63, 3.8) is 0 Å². The quantitative estimate of drug-likeness (QED) is 0.925. The van der Waals surface area contributed by atoms with Gasteiger partial charge in [-0.3, -0.25) is 0 Å². The van der Waals surface area contributed by atoms with Crippen LogP contribution in [0.2, 0.25) is 0 Å². The molecule has 0 saturated carbocycles. The van der Waals surface area contributed by atoms with Crippen LogP contribution < -0.4 is 4.90 Å². The van der Waals surface area contributed by atoms with Crippen LogP contribution in [0.4, 0.5) is 5.69 Å². The van der Waals surface area contributed by atoms with Crippen LogP contribution in [0.25, 0.3) is 11.0 Å². The minimum absolute atomic E-state index is 0.252. The Morgan fingerprint density at radius 1 is 1.14 bits per heavy atom. The number of hydrogen-bond acceptors (Lipinski definition) is 3. The molecule has 0 radical (unpaired) electrons. The van der Waals surface area contributed by atoms with Crippen molar-refractivity contribution in [2.75, 3.05) is 38.1 Å². The zero-order valence-electron chi connectivity index (χ0n) is 14.5. The average molecular weight is 300 g/mol. The molecule has 2 heterocycles. The molecule has 0 atom stereocenters. The molecule has 1 aliphatic heterocycles. The highest BCUT2D eigenvalue weighted by molar-refractivity contribution is 5.83. The summed E-state index contributed by atoms with van der Waals surface area (Å²) in [5.41, 5.74) is 5.14. The van der Waals surface area contributed by atoms with Gasteiger partial charge in [-0.15, -0.1) is 0 Å². The summed E-state index contributed by atoms with van der Waals surface area (Å²) in [5.74, 6) is 1.10. The second-order valence-corrected chi connectivity index (χ2v) is 7.87. The van der Waals surface area contributed by atoms with E-state index in [1.807, 2.05) is 0 Å². The van der Waals surface area contributed by atoms with Gasteiger partial charge in [0.1, 0.15) is 5.82 Å². The van der Waals surface area contributed by atoms with E-state index in [1.54, 1.807) is 0 Å². The van der Waals surface area contributed by atoms with Gasteiger partial charge in [0.15, 0.2) is 0 Å². The van der Waals surface area contributed by atoms with E-state index in [0.29, 0.717) is 0 Å². The summed E-state index contributed by atoms with van der Waals surface area (Å²) < 4.78 is 0. The SMILES string of the molecule is Cc1cc(N2CCN(C)CC2)cc2[nH]c(CC(C)(C)C)nc12. The van der Waals surface area contributed by atoms with E-state index in [4.69, 9.17) is 4.98 Å². The first-order chi connectivity index (χ1) is 10.3. The van der Waals surface area contributed by atoms with Gasteiger partial charge in [-0.05, 0) is 37.1 Å². The van der Waals surface area contributed by atoms with E-state index in [1.165, 1.54) is 16.8 Å². The molecule has 1 saturated heterocycles. The van der Waals surface area contributed by atoms with Crippen molar-refractivity contribution < 1.29 is 0 Å². The molecular weight excluding hydrogens is 272 g/mol. The van der Waals surface area contributed by atoms with Crippen molar-refractivity contribution in [1.29, 1.82) is 0 Å². The predicted molar refractivity (Wildman–Crippen MR) is 93.7 cm³/mol. The van der Waals surface area contributed by atoms with Crippen LogP contribution >= 0.6 is 0 Å². The van der Waals surface area contributed by atoms with Gasteiger partial charge in [0.25, 0.3) is 0 Å². The van der Waals surface area contributed by atoms with Crippen molar-refractivity contribution >= 4 is 16.7 Å². The molecule has 3 rings (SSSR count). The van der Waals surface area contributed by atoms with Gasteiger partial charge in [-0.2, -0.15) is 0 Å². The molecule has 2 aromatic rings. The maximum Gasteiger partial charge on any atom is 0.107 e. The van der Waals surface area contributed by atoms with Crippen molar-refractivity contribution in [3.05, 3.63) is 23.5 Å². The molecule has 1 aliphatic rings. The number of nitrogens with one attached hydrogen (secondary N) is 1. The van der Waals surface area contributed by atoms with Gasteiger partial charge in [0.2, 0.25) is 0 Å². The number of likely N-dealkylation sites (N-methyl/N-ethyl adjacent to an activating group) is 1. The average Bonchev–Trinajstić information content (AvgIpc) is 2.80. The number of benzene rings is 1. The number of aryl methyl sites for hydroxylation is 1. The number of imidazole rings is 1. The molecule has 4 heteroatoms. The first-order valence-corrected chi connectivity index (χ1v) is 8.24. The van der Waals surface area contributed by atoms with Crippen LogP contribution in [-0.2, 0) is 6.42 Å². The molecule has 0 spiro atoms. The largest absolute Gasteiger partial charge is 0.369 e. The summed E-state index contributed by atoms with van der Waals surface area (Å²) in [4.78, 5) is 13.2. The first kappa shape index (κ1) is 15.3. The number of hydrogen-bond donors (Lipinski definition) is 1. The molecule has 4 nitrogen and oxygen atoms in total. The Morgan fingerprint density at radius 2 is 1.82 bits per heavy atom. The van der Waals surface area contributed by atoms with E-state index in [9.17, 15) is 0 Å². The topological polar surface area (TPSA) is 35.2 Å². The minimum Gasteiger partial charge on any atom is -0.369 e. The number of aromatic amines is 1. The second-order valence-electron chi connectivity index (χ2n) is 7.87. The normalized spacial score (nSPS) is 17.4. The number of rotatable bonds is 2. The number of anilines is 1. The van der Waals surface area contributed by atoms with Crippen LogP contribution in [0.15, 0.2) is 12.1 Å². The Kier molecular flexibility index (Phi) is 3.89. The standard InChI is InChI=1S/C18H28N4/c1-13-10-14(22-8-6-21(5)7-9-22)11-15-17(13)20-16(19-15)12-18(2,3)4/h10-11H,6-9,12H2,1-5H3,(H,19,20). The third kappa shape index (κ3) is 3.27. The van der Waals surface area contributed by atoms with Crippen molar-refractivity contribution in [2.45, 2.75) is 34.1 Å². The Bertz CT molecular complexity index is 658. The Balaban J connectivity index is 1.91. The minimum atomic E-state index is 0.252. The van der Waals surface area contributed by atoms with Crippen LogP contribution in [0.5, 0.6) is 0 Å². The van der Waals surface area contributed by atoms with E-state index >= 15 is 0 Å². The monoisotopic (exact) mass is 300 g/mol. The third-order valence-electron chi connectivity index (χ3n) is 4.38. The second kappa shape index (κ2) is 5.58. The number of H-pyrrole nitrogens is 1. The van der Waals surface area contributed by atoms with Crippen molar-refractivity contribution in [1.82, 2.24) is 14.9 Å². The summed E-state index contributed by atoms with van der Waals surface area (Å²) in [6.45, 7) is 13.4. The summed E-state index contributed by atoms with van der Waals surface area (Å²) >= 11 is 0. The van der Waals surface area contributed by atoms with Crippen molar-refractivity contribution in [2.24, 2.45) is 5.41 Å². The lowest BCUT2D eigenvalue weighted by Gasteiger charge is -2.34. The molecule has 0 bridgehead atoms. The fourth-order valence-corrected chi connectivity index (χ4v) is 3.16. The zero-order valence-corrected chi connectivity index (χ0v) is 14.5. The fraction of sp³-hybridized carbons (Fsp3) is 0.611. The number of nitrogens with zero attached hydrogens (tertiary/aromatic N) is 3. The zero-order chi connectivity index (χ0) is 15.9. The highest BCUT2D eigenvalue weighted by atomic mass is 15.2. The summed E-state index contributed by atoms with van der Waals surface area (Å²) in [5, 5.41) is 0. The van der Waals surface area contributed by atoms with E-state index in [-0.39, 0.29) is 5.41 Å². The lowest BCUT2D eigenvalue weighted by atomic mass is 9.92. The summed E-state index contributed by atoms with van der Waals surface area (Å²) in [7, 11) is 2.19. The molecule has 0 unspecified atom stereocenters. The third-order valence-corrected chi connectivity index (χ3v) is 4.38. The van der Waals surface area contributed by atoms with Gasteiger partial charge >= 0.3 is 0 Å². The summed E-state index contributed by atoms with van der Waals surface area (Å²) in [6.07, 6.45) is 0.977. The van der Waals surface area contributed by atoms with E-state index in [0.717, 1.165) is 43.9 Å². The Labute approximate surface area is 133 Å². The maximum absolute atomic E-state index is 4.81. The Morgan fingerprint density at radius 3 is 2.45 bits per heavy atom. The van der Waals surface area contributed by atoms with E-state index in [2.05, 4.69) is 61.7 Å². The predicted octanol–water partition coefficient (Wildman–Crippen LogP) is 3.21. The van der Waals surface area contributed by atoms with Crippen LogP contribution in [-0.4, -0.2) is 48.1 Å². The molecule has 0 amide bonds. The molecular formula is C18H28N4. The van der Waals surface area contributed by atoms with Crippen LogP contribution in [0.3, 0.4) is 0 Å². The van der Waals surface area contributed by atoms with Gasteiger partial charge < -0.3 is 14.8 Å². The smallest absolute Gasteiger partial charge is 0.107 e. The number of fused-ring (bicyclic) bond motifs is 1. The summed E-state index contributed by atoms with van der Waals surface area (Å²) in [6, 6.07) is 4.56. The van der Waals surface area contributed by atoms with Gasteiger partial charge in [0.05, 0.1) is 11.0 Å². The van der Waals surface area contributed by atoms with Crippen LogP contribution in [0.1, 0.15) is 32.2 Å². The highest BCUT2D eigenvalue weighted by Crippen LogP contribution is 2.27. The first-order valence-electron chi connectivity index (χ1n) is 8.24. The van der Waals surface area contributed by atoms with Gasteiger partial charge in [-0.1, -0.05) is 20.8 Å².